The van der Waals surface area contributed by atoms with Crippen molar-refractivity contribution in [2.24, 2.45) is 0 Å². The molecule has 20 heavy (non-hydrogen) atoms. The molecule has 0 atom stereocenters. The number of hydrogen-bond acceptors (Lipinski definition) is 3. The van der Waals surface area contributed by atoms with Gasteiger partial charge >= 0.3 is 0 Å². The SMILES string of the molecule is Nc1cccc(F)c1Cn1c(=O)cnc2ccccc21. The summed E-state index contributed by atoms with van der Waals surface area (Å²) >= 11 is 0. The van der Waals surface area contributed by atoms with Crippen LogP contribution in [-0.2, 0) is 6.54 Å². The van der Waals surface area contributed by atoms with E-state index in [4.69, 9.17) is 5.73 Å². The Morgan fingerprint density at radius 1 is 1.15 bits per heavy atom. The number of aromatic nitrogens is 2. The Hall–Kier alpha value is -2.69. The van der Waals surface area contributed by atoms with Crippen LogP contribution in [0.5, 0.6) is 0 Å². The Morgan fingerprint density at radius 3 is 2.75 bits per heavy atom. The number of halogens is 1. The molecule has 0 aliphatic carbocycles. The van der Waals surface area contributed by atoms with Crippen LogP contribution in [0, 0.1) is 5.82 Å². The summed E-state index contributed by atoms with van der Waals surface area (Å²) in [4.78, 5) is 16.1. The van der Waals surface area contributed by atoms with Crippen LogP contribution in [0.2, 0.25) is 0 Å². The van der Waals surface area contributed by atoms with Crippen molar-refractivity contribution in [3.8, 4) is 0 Å². The molecule has 0 bridgehead atoms. The molecule has 2 N–H and O–H groups in total. The van der Waals surface area contributed by atoms with Crippen LogP contribution in [0.3, 0.4) is 0 Å². The minimum Gasteiger partial charge on any atom is -0.398 e. The molecule has 1 aromatic heterocycles. The number of para-hydroxylation sites is 2. The molecular formula is C15H12FN3O. The average Bonchev–Trinajstić information content (AvgIpc) is 2.45. The van der Waals surface area contributed by atoms with Crippen LogP contribution in [0.25, 0.3) is 11.0 Å². The minimum atomic E-state index is -0.419. The lowest BCUT2D eigenvalue weighted by atomic mass is 10.1. The third kappa shape index (κ3) is 2.03. The second kappa shape index (κ2) is 4.77. The molecule has 0 saturated carbocycles. The zero-order valence-electron chi connectivity index (χ0n) is 10.6. The van der Waals surface area contributed by atoms with Gasteiger partial charge in [-0.15, -0.1) is 0 Å². The highest BCUT2D eigenvalue weighted by molar-refractivity contribution is 5.74. The first-order valence-electron chi connectivity index (χ1n) is 6.14. The maximum absolute atomic E-state index is 13.9. The van der Waals surface area contributed by atoms with E-state index in [2.05, 4.69) is 4.98 Å². The van der Waals surface area contributed by atoms with Gasteiger partial charge < -0.3 is 10.3 Å². The Bertz CT molecular complexity index is 822. The van der Waals surface area contributed by atoms with E-state index in [-0.39, 0.29) is 12.1 Å². The fourth-order valence-corrected chi connectivity index (χ4v) is 2.18. The fourth-order valence-electron chi connectivity index (χ4n) is 2.18. The average molecular weight is 269 g/mol. The molecule has 0 radical (unpaired) electrons. The number of rotatable bonds is 2. The first-order chi connectivity index (χ1) is 9.66. The third-order valence-electron chi connectivity index (χ3n) is 3.22. The monoisotopic (exact) mass is 269 g/mol. The van der Waals surface area contributed by atoms with Crippen molar-refractivity contribution in [1.82, 2.24) is 9.55 Å². The molecule has 0 amide bonds. The number of hydrogen-bond donors (Lipinski definition) is 1. The van der Waals surface area contributed by atoms with E-state index in [0.717, 1.165) is 0 Å². The van der Waals surface area contributed by atoms with E-state index < -0.39 is 5.82 Å². The standard InChI is InChI=1S/C15H12FN3O/c16-11-4-3-5-12(17)10(11)9-19-14-7-2-1-6-13(14)18-8-15(19)20/h1-8H,9,17H2. The van der Waals surface area contributed by atoms with Gasteiger partial charge in [-0.1, -0.05) is 18.2 Å². The molecule has 2 aromatic carbocycles. The molecule has 1 heterocycles. The Balaban J connectivity index is 2.21. The summed E-state index contributed by atoms with van der Waals surface area (Å²) < 4.78 is 15.3. The van der Waals surface area contributed by atoms with Crippen LogP contribution < -0.4 is 11.3 Å². The fraction of sp³-hybridized carbons (Fsp3) is 0.0667. The smallest absolute Gasteiger partial charge is 0.269 e. The van der Waals surface area contributed by atoms with Crippen LogP contribution in [0.4, 0.5) is 10.1 Å². The molecule has 0 fully saturated rings. The lowest BCUT2D eigenvalue weighted by Gasteiger charge is -2.11. The van der Waals surface area contributed by atoms with Crippen molar-refractivity contribution in [3.63, 3.8) is 0 Å². The largest absolute Gasteiger partial charge is 0.398 e. The number of fused-ring (bicyclic) bond motifs is 1. The Kier molecular flexibility index (Phi) is 2.95. The molecule has 4 nitrogen and oxygen atoms in total. The highest BCUT2D eigenvalue weighted by atomic mass is 19.1. The summed E-state index contributed by atoms with van der Waals surface area (Å²) in [6.07, 6.45) is 1.24. The van der Waals surface area contributed by atoms with Gasteiger partial charge in [-0.3, -0.25) is 4.79 Å². The van der Waals surface area contributed by atoms with E-state index in [9.17, 15) is 9.18 Å². The lowest BCUT2D eigenvalue weighted by molar-refractivity contribution is 0.600. The number of nitrogen functional groups attached to an aromatic ring is 1. The molecule has 0 aliphatic heterocycles. The summed E-state index contributed by atoms with van der Waals surface area (Å²) in [6, 6.07) is 11.7. The van der Waals surface area contributed by atoms with E-state index in [0.29, 0.717) is 22.3 Å². The first kappa shape index (κ1) is 12.3. The summed E-state index contributed by atoms with van der Waals surface area (Å²) in [7, 11) is 0. The molecule has 0 unspecified atom stereocenters. The predicted octanol–water partition coefficient (Wildman–Crippen LogP) is 2.17. The van der Waals surface area contributed by atoms with E-state index in [1.807, 2.05) is 12.1 Å². The highest BCUT2D eigenvalue weighted by Gasteiger charge is 2.10. The molecule has 5 heteroatoms. The Morgan fingerprint density at radius 2 is 1.95 bits per heavy atom. The quantitative estimate of drug-likeness (QED) is 0.725. The number of anilines is 1. The van der Waals surface area contributed by atoms with Crippen molar-refractivity contribution in [3.05, 3.63) is 70.4 Å². The van der Waals surface area contributed by atoms with Gasteiger partial charge in [0.15, 0.2) is 0 Å². The number of benzene rings is 2. The summed E-state index contributed by atoms with van der Waals surface area (Å²) in [5.41, 5.74) is 7.49. The van der Waals surface area contributed by atoms with Crippen molar-refractivity contribution in [1.29, 1.82) is 0 Å². The van der Waals surface area contributed by atoms with Crippen LogP contribution in [0.1, 0.15) is 5.56 Å². The summed E-state index contributed by atoms with van der Waals surface area (Å²) in [6.45, 7) is 0.0837. The molecule has 0 spiro atoms. The Labute approximate surface area is 114 Å². The van der Waals surface area contributed by atoms with E-state index in [1.54, 1.807) is 24.3 Å². The molecule has 100 valence electrons. The third-order valence-corrected chi connectivity index (χ3v) is 3.22. The second-order valence-electron chi connectivity index (χ2n) is 4.48. The van der Waals surface area contributed by atoms with Crippen LogP contribution >= 0.6 is 0 Å². The molecule has 3 rings (SSSR count). The van der Waals surface area contributed by atoms with Crippen molar-refractivity contribution in [2.75, 3.05) is 5.73 Å². The van der Waals surface area contributed by atoms with Gasteiger partial charge in [0.2, 0.25) is 0 Å². The number of nitrogens with two attached hydrogens (primary N) is 1. The van der Waals surface area contributed by atoms with Gasteiger partial charge in [0, 0.05) is 11.3 Å². The van der Waals surface area contributed by atoms with Crippen molar-refractivity contribution in [2.45, 2.75) is 6.54 Å². The van der Waals surface area contributed by atoms with E-state index >= 15 is 0 Å². The highest BCUT2D eigenvalue weighted by Crippen LogP contribution is 2.18. The summed E-state index contributed by atoms with van der Waals surface area (Å²) in [5, 5.41) is 0. The van der Waals surface area contributed by atoms with Gasteiger partial charge in [-0.05, 0) is 24.3 Å². The van der Waals surface area contributed by atoms with Gasteiger partial charge in [0.25, 0.3) is 5.56 Å². The number of nitrogens with zero attached hydrogens (tertiary/aromatic N) is 2. The maximum Gasteiger partial charge on any atom is 0.269 e. The van der Waals surface area contributed by atoms with Gasteiger partial charge in [-0.25, -0.2) is 9.37 Å². The summed E-state index contributed by atoms with van der Waals surface area (Å²) in [5.74, 6) is -0.419. The van der Waals surface area contributed by atoms with E-state index in [1.165, 1.54) is 16.8 Å². The molecule has 3 aromatic rings. The maximum atomic E-state index is 13.9. The normalized spacial score (nSPS) is 10.8. The van der Waals surface area contributed by atoms with Gasteiger partial charge in [-0.2, -0.15) is 0 Å². The second-order valence-corrected chi connectivity index (χ2v) is 4.48. The topological polar surface area (TPSA) is 60.9 Å². The molecule has 0 saturated heterocycles. The van der Waals surface area contributed by atoms with Gasteiger partial charge in [0.05, 0.1) is 23.8 Å². The van der Waals surface area contributed by atoms with Gasteiger partial charge in [0.1, 0.15) is 5.82 Å². The first-order valence-corrected chi connectivity index (χ1v) is 6.14. The van der Waals surface area contributed by atoms with Crippen LogP contribution in [0.15, 0.2) is 53.5 Å². The van der Waals surface area contributed by atoms with Crippen molar-refractivity contribution >= 4 is 16.7 Å². The van der Waals surface area contributed by atoms with Crippen molar-refractivity contribution < 1.29 is 4.39 Å². The zero-order chi connectivity index (χ0) is 14.1. The molecular weight excluding hydrogens is 257 g/mol. The lowest BCUT2D eigenvalue weighted by Crippen LogP contribution is -2.22. The minimum absolute atomic E-state index is 0.0837. The van der Waals surface area contributed by atoms with Crippen LogP contribution in [-0.4, -0.2) is 9.55 Å². The molecule has 0 aliphatic rings. The zero-order valence-corrected chi connectivity index (χ0v) is 10.6. The predicted molar refractivity (Wildman–Crippen MR) is 75.9 cm³/mol.